The van der Waals surface area contributed by atoms with Crippen molar-refractivity contribution in [3.05, 3.63) is 0 Å². The zero-order valence-corrected chi connectivity index (χ0v) is 19.8. The number of aliphatic hydroxyl groups excluding tert-OH is 4. The predicted octanol–water partition coefficient (Wildman–Crippen LogP) is 2.01. The van der Waals surface area contributed by atoms with Gasteiger partial charge in [-0.2, -0.15) is 0 Å². The van der Waals surface area contributed by atoms with Gasteiger partial charge in [0.2, 0.25) is 0 Å². The van der Waals surface area contributed by atoms with Gasteiger partial charge in [-0.1, -0.05) is 19.8 Å². The summed E-state index contributed by atoms with van der Waals surface area (Å²) >= 11 is 0. The van der Waals surface area contributed by atoms with E-state index in [1.807, 2.05) is 13.8 Å². The van der Waals surface area contributed by atoms with Gasteiger partial charge < -0.3 is 39.4 Å². The summed E-state index contributed by atoms with van der Waals surface area (Å²) in [5, 5.41) is 32.3. The highest BCUT2D eigenvalue weighted by Crippen LogP contribution is 2.07. The van der Waals surface area contributed by atoms with Gasteiger partial charge in [-0.3, -0.25) is 0 Å². The fourth-order valence-electron chi connectivity index (χ4n) is 1.40. The molecule has 0 saturated carbocycles. The van der Waals surface area contributed by atoms with Crippen LogP contribution in [-0.2, 0) is 18.9 Å². The van der Waals surface area contributed by atoms with E-state index >= 15 is 0 Å². The monoisotopic (exact) mass is 430 g/mol. The van der Waals surface area contributed by atoms with Crippen molar-refractivity contribution in [2.45, 2.75) is 66.4 Å². The minimum Gasteiger partial charge on any atom is -0.394 e. The van der Waals surface area contributed by atoms with Crippen LogP contribution in [0.15, 0.2) is 0 Å². The van der Waals surface area contributed by atoms with Crippen LogP contribution in [0.5, 0.6) is 0 Å². The SMILES string of the molecule is CCCCCOC(C)(C)C.CCOCC.OCCOCCO.OCCOCCO. The maximum Gasteiger partial charge on any atom is 0.0698 e. The van der Waals surface area contributed by atoms with Crippen molar-refractivity contribution in [2.75, 3.05) is 72.7 Å². The van der Waals surface area contributed by atoms with Gasteiger partial charge in [0, 0.05) is 19.8 Å². The molecule has 0 heterocycles. The van der Waals surface area contributed by atoms with Crippen LogP contribution >= 0.6 is 0 Å². The maximum atomic E-state index is 8.09. The first-order chi connectivity index (χ1) is 13.8. The summed E-state index contributed by atoms with van der Waals surface area (Å²) < 4.78 is 19.6. The van der Waals surface area contributed by atoms with E-state index in [0.717, 1.165) is 19.8 Å². The van der Waals surface area contributed by atoms with Gasteiger partial charge in [0.15, 0.2) is 0 Å². The Hall–Kier alpha value is -0.320. The summed E-state index contributed by atoms with van der Waals surface area (Å²) in [6, 6.07) is 0. The summed E-state index contributed by atoms with van der Waals surface area (Å²) in [6.07, 6.45) is 3.76. The Balaban J connectivity index is -0.000000148. The van der Waals surface area contributed by atoms with Gasteiger partial charge in [-0.25, -0.2) is 0 Å². The number of rotatable bonds is 14. The topological polar surface area (TPSA) is 118 Å². The molecule has 0 aromatic rings. The number of hydrogen-bond donors (Lipinski definition) is 4. The minimum absolute atomic E-state index is 0.0278. The summed E-state index contributed by atoms with van der Waals surface area (Å²) in [5.74, 6) is 0. The average molecular weight is 431 g/mol. The molecular weight excluding hydrogens is 380 g/mol. The molecule has 0 aromatic heterocycles. The zero-order chi connectivity index (χ0) is 23.2. The van der Waals surface area contributed by atoms with Crippen LogP contribution in [-0.4, -0.2) is 98.7 Å². The van der Waals surface area contributed by atoms with Crippen LogP contribution in [0.2, 0.25) is 0 Å². The highest BCUT2D eigenvalue weighted by atomic mass is 16.5. The van der Waals surface area contributed by atoms with E-state index < -0.39 is 0 Å². The molecule has 0 rings (SSSR count). The van der Waals surface area contributed by atoms with E-state index in [1.165, 1.54) is 19.3 Å². The molecule has 29 heavy (non-hydrogen) atoms. The lowest BCUT2D eigenvalue weighted by molar-refractivity contribution is -0.00461. The second-order valence-electron chi connectivity index (χ2n) is 6.57. The van der Waals surface area contributed by atoms with Crippen molar-refractivity contribution in [3.63, 3.8) is 0 Å². The molecule has 0 fully saturated rings. The van der Waals surface area contributed by atoms with Crippen molar-refractivity contribution in [1.82, 2.24) is 0 Å². The first-order valence-electron chi connectivity index (χ1n) is 10.6. The summed E-state index contributed by atoms with van der Waals surface area (Å²) in [6.45, 7) is 16.5. The molecular formula is C21H50O8. The summed E-state index contributed by atoms with van der Waals surface area (Å²) in [4.78, 5) is 0. The smallest absolute Gasteiger partial charge is 0.0698 e. The average Bonchev–Trinajstić information content (AvgIpc) is 2.68. The van der Waals surface area contributed by atoms with E-state index in [1.54, 1.807) is 0 Å². The van der Waals surface area contributed by atoms with Crippen molar-refractivity contribution in [3.8, 4) is 0 Å². The molecule has 0 bridgehead atoms. The Bertz CT molecular complexity index is 215. The Kier molecular flexibility index (Phi) is 43.7. The fraction of sp³-hybridized carbons (Fsp3) is 1.00. The Morgan fingerprint density at radius 2 is 0.931 bits per heavy atom. The molecule has 182 valence electrons. The van der Waals surface area contributed by atoms with Gasteiger partial charge >= 0.3 is 0 Å². The number of aliphatic hydroxyl groups is 4. The molecule has 4 N–H and O–H groups in total. The lowest BCUT2D eigenvalue weighted by Crippen LogP contribution is -2.19. The standard InChI is InChI=1S/C9H20O.2C4H10O3.C4H10O/c1-5-6-7-8-10-9(2,3)4;2*5-1-3-7-4-2-6;1-3-5-4-2/h5-8H2,1-4H3;2*5-6H,1-4H2;3-4H2,1-2H3. The fourth-order valence-corrected chi connectivity index (χ4v) is 1.40. The molecule has 0 saturated heterocycles. The molecule has 0 aliphatic carbocycles. The largest absolute Gasteiger partial charge is 0.394 e. The molecule has 8 heteroatoms. The van der Waals surface area contributed by atoms with Crippen LogP contribution in [0.25, 0.3) is 0 Å². The third-order valence-corrected chi connectivity index (χ3v) is 2.63. The normalized spacial score (nSPS) is 10.1. The number of ether oxygens (including phenoxy) is 4. The van der Waals surface area contributed by atoms with Gasteiger partial charge in [0.1, 0.15) is 0 Å². The lowest BCUT2D eigenvalue weighted by atomic mass is 10.2. The molecule has 0 aliphatic heterocycles. The molecule has 0 aromatic carbocycles. The Morgan fingerprint density at radius 3 is 1.14 bits per heavy atom. The molecule has 8 nitrogen and oxygen atoms in total. The van der Waals surface area contributed by atoms with E-state index in [0.29, 0.717) is 26.4 Å². The number of unbranched alkanes of at least 4 members (excludes halogenated alkanes) is 2. The third kappa shape index (κ3) is 65.6. The second kappa shape index (κ2) is 35.1. The quantitative estimate of drug-likeness (QED) is 0.309. The summed E-state index contributed by atoms with van der Waals surface area (Å²) in [5.41, 5.74) is 0.0493. The van der Waals surface area contributed by atoms with Crippen LogP contribution < -0.4 is 0 Å². The van der Waals surface area contributed by atoms with Gasteiger partial charge in [0.25, 0.3) is 0 Å². The lowest BCUT2D eigenvalue weighted by Gasteiger charge is -2.19. The van der Waals surface area contributed by atoms with E-state index in [9.17, 15) is 0 Å². The molecule has 0 aliphatic rings. The minimum atomic E-state index is 0.0278. The highest BCUT2D eigenvalue weighted by Gasteiger charge is 2.08. The van der Waals surface area contributed by atoms with Crippen LogP contribution in [0.1, 0.15) is 60.8 Å². The summed E-state index contributed by atoms with van der Waals surface area (Å²) in [7, 11) is 0. The Labute approximate surface area is 179 Å². The van der Waals surface area contributed by atoms with Crippen LogP contribution in [0, 0.1) is 0 Å². The highest BCUT2D eigenvalue weighted by molar-refractivity contribution is 4.58. The van der Waals surface area contributed by atoms with E-state index in [-0.39, 0.29) is 32.0 Å². The maximum absolute atomic E-state index is 8.09. The molecule has 0 amide bonds. The van der Waals surface area contributed by atoms with Crippen LogP contribution in [0.3, 0.4) is 0 Å². The van der Waals surface area contributed by atoms with Crippen LogP contribution in [0.4, 0.5) is 0 Å². The van der Waals surface area contributed by atoms with Crippen molar-refractivity contribution >= 4 is 0 Å². The van der Waals surface area contributed by atoms with E-state index in [2.05, 4.69) is 37.2 Å². The molecule has 0 radical (unpaired) electrons. The molecule has 0 spiro atoms. The molecule has 0 unspecified atom stereocenters. The molecule has 0 atom stereocenters. The predicted molar refractivity (Wildman–Crippen MR) is 117 cm³/mol. The van der Waals surface area contributed by atoms with Gasteiger partial charge in [-0.15, -0.1) is 0 Å². The van der Waals surface area contributed by atoms with Crippen molar-refractivity contribution < 1.29 is 39.4 Å². The van der Waals surface area contributed by atoms with E-state index in [4.69, 9.17) is 29.9 Å². The first kappa shape index (κ1) is 36.1. The number of hydrogen-bond acceptors (Lipinski definition) is 8. The van der Waals surface area contributed by atoms with Gasteiger partial charge in [0.05, 0.1) is 58.5 Å². The van der Waals surface area contributed by atoms with Gasteiger partial charge in [-0.05, 0) is 41.0 Å². The Morgan fingerprint density at radius 1 is 0.552 bits per heavy atom. The first-order valence-corrected chi connectivity index (χ1v) is 10.6. The zero-order valence-electron chi connectivity index (χ0n) is 19.8. The van der Waals surface area contributed by atoms with Crippen molar-refractivity contribution in [2.24, 2.45) is 0 Å². The van der Waals surface area contributed by atoms with Crippen molar-refractivity contribution in [1.29, 1.82) is 0 Å². The second-order valence-corrected chi connectivity index (χ2v) is 6.57. The third-order valence-electron chi connectivity index (χ3n) is 2.63.